The third-order valence-electron chi connectivity index (χ3n) is 3.15. The van der Waals surface area contributed by atoms with Gasteiger partial charge in [-0.2, -0.15) is 4.57 Å². The number of benzene rings is 1. The van der Waals surface area contributed by atoms with E-state index in [1.807, 2.05) is 31.3 Å². The van der Waals surface area contributed by atoms with Gasteiger partial charge in [0.1, 0.15) is 11.6 Å². The molecular formula is C15H15N4+. The van der Waals surface area contributed by atoms with Gasteiger partial charge in [-0.1, -0.05) is 12.1 Å². The van der Waals surface area contributed by atoms with Crippen molar-refractivity contribution < 1.29 is 4.57 Å². The second-order valence-electron chi connectivity index (χ2n) is 4.52. The Morgan fingerprint density at radius 3 is 2.79 bits per heavy atom. The third kappa shape index (κ3) is 2.25. The van der Waals surface area contributed by atoms with Crippen LogP contribution in [0, 0.1) is 6.92 Å². The van der Waals surface area contributed by atoms with Crippen molar-refractivity contribution in [3.63, 3.8) is 0 Å². The van der Waals surface area contributed by atoms with E-state index >= 15 is 0 Å². The highest BCUT2D eigenvalue weighted by Crippen LogP contribution is 2.11. The van der Waals surface area contributed by atoms with E-state index in [1.165, 1.54) is 10.9 Å². The Bertz CT molecular complexity index is 732. The molecule has 0 bridgehead atoms. The lowest BCUT2D eigenvalue weighted by atomic mass is 10.2. The number of aryl methyl sites for hydroxylation is 1. The Hall–Kier alpha value is -2.49. The smallest absolute Gasteiger partial charge is 0.212 e. The molecule has 0 saturated heterocycles. The van der Waals surface area contributed by atoms with Crippen molar-refractivity contribution in [1.82, 2.24) is 9.97 Å². The minimum absolute atomic E-state index is 0.549. The van der Waals surface area contributed by atoms with Crippen molar-refractivity contribution in [1.29, 1.82) is 0 Å². The number of hydrogen-bond donors (Lipinski definition) is 1. The van der Waals surface area contributed by atoms with Gasteiger partial charge in [0.25, 0.3) is 0 Å². The lowest BCUT2D eigenvalue weighted by molar-refractivity contribution is -0.662. The summed E-state index contributed by atoms with van der Waals surface area (Å²) in [6.45, 7) is 2.51. The number of fused-ring (bicyclic) bond motifs is 1. The third-order valence-corrected chi connectivity index (χ3v) is 3.15. The molecule has 0 aliphatic heterocycles. The van der Waals surface area contributed by atoms with Crippen LogP contribution >= 0.6 is 0 Å². The maximum Gasteiger partial charge on any atom is 0.212 e. The molecule has 0 amide bonds. The topological polar surface area (TPSA) is 55.7 Å². The minimum atomic E-state index is 0.549. The normalized spacial score (nSPS) is 10.8. The summed E-state index contributed by atoms with van der Waals surface area (Å²) in [5.74, 6) is 1.25. The van der Waals surface area contributed by atoms with Crippen LogP contribution in [0.1, 0.15) is 11.4 Å². The molecule has 3 aromatic rings. The number of nitrogens with zero attached hydrogens (tertiary/aromatic N) is 3. The number of aromatic nitrogens is 3. The molecule has 0 atom stereocenters. The van der Waals surface area contributed by atoms with Gasteiger partial charge in [0.05, 0.1) is 5.56 Å². The zero-order valence-corrected chi connectivity index (χ0v) is 10.7. The number of para-hydroxylation sites is 1. The Morgan fingerprint density at radius 2 is 1.95 bits per heavy atom. The van der Waals surface area contributed by atoms with Crippen LogP contribution in [0.4, 0.5) is 5.82 Å². The molecule has 0 saturated carbocycles. The van der Waals surface area contributed by atoms with E-state index in [0.29, 0.717) is 18.2 Å². The number of nitrogen functional groups attached to an aromatic ring is 1. The van der Waals surface area contributed by atoms with Crippen molar-refractivity contribution in [3.8, 4) is 0 Å². The maximum atomic E-state index is 5.95. The van der Waals surface area contributed by atoms with E-state index in [-0.39, 0.29) is 0 Å². The monoisotopic (exact) mass is 251 g/mol. The molecule has 0 spiro atoms. The molecule has 0 fully saturated rings. The van der Waals surface area contributed by atoms with Gasteiger partial charge in [-0.25, -0.2) is 9.97 Å². The lowest BCUT2D eigenvalue weighted by Crippen LogP contribution is -2.35. The fourth-order valence-corrected chi connectivity index (χ4v) is 2.18. The molecular weight excluding hydrogens is 236 g/mol. The van der Waals surface area contributed by atoms with Crippen LogP contribution in [-0.4, -0.2) is 9.97 Å². The molecule has 0 unspecified atom stereocenters. The average Bonchev–Trinajstić information content (AvgIpc) is 2.42. The Balaban J connectivity index is 2.06. The summed E-state index contributed by atoms with van der Waals surface area (Å²) < 4.78 is 2.15. The van der Waals surface area contributed by atoms with Gasteiger partial charge in [0.2, 0.25) is 5.52 Å². The first-order chi connectivity index (χ1) is 9.24. The first-order valence-electron chi connectivity index (χ1n) is 6.19. The largest absolute Gasteiger partial charge is 0.383 e. The second kappa shape index (κ2) is 4.65. The molecule has 2 aromatic heterocycles. The summed E-state index contributed by atoms with van der Waals surface area (Å²) in [5, 5.41) is 1.21. The molecule has 4 nitrogen and oxygen atoms in total. The zero-order chi connectivity index (χ0) is 13.2. The summed E-state index contributed by atoms with van der Waals surface area (Å²) in [6, 6.07) is 12.4. The SMILES string of the molecule is Cc1ncc(C[n+]2cccc3ccccc32)c(N)n1. The van der Waals surface area contributed by atoms with Crippen LogP contribution < -0.4 is 10.3 Å². The fourth-order valence-electron chi connectivity index (χ4n) is 2.18. The van der Waals surface area contributed by atoms with Gasteiger partial charge < -0.3 is 5.73 Å². The predicted molar refractivity (Wildman–Crippen MR) is 74.4 cm³/mol. The van der Waals surface area contributed by atoms with E-state index in [9.17, 15) is 0 Å². The quantitative estimate of drug-likeness (QED) is 0.707. The molecule has 1 aromatic carbocycles. The Kier molecular flexibility index (Phi) is 2.83. The number of hydrogen-bond acceptors (Lipinski definition) is 3. The molecule has 2 N–H and O–H groups in total. The first kappa shape index (κ1) is 11.6. The van der Waals surface area contributed by atoms with Crippen molar-refractivity contribution in [3.05, 3.63) is 60.2 Å². The van der Waals surface area contributed by atoms with E-state index in [1.54, 1.807) is 6.20 Å². The van der Waals surface area contributed by atoms with Gasteiger partial charge >= 0.3 is 0 Å². The van der Waals surface area contributed by atoms with Crippen molar-refractivity contribution in [2.75, 3.05) is 5.73 Å². The van der Waals surface area contributed by atoms with E-state index in [2.05, 4.69) is 32.7 Å². The standard InChI is InChI=1S/C15H15N4/c1-11-17-9-13(15(16)18-11)10-19-8-4-6-12-5-2-3-7-14(12)19/h2-9H,10H2,1H3,(H2,16,17,18)/q+1. The summed E-state index contributed by atoms with van der Waals surface area (Å²) in [6.07, 6.45) is 3.84. The molecule has 0 radical (unpaired) electrons. The zero-order valence-electron chi connectivity index (χ0n) is 10.7. The Morgan fingerprint density at radius 1 is 1.16 bits per heavy atom. The van der Waals surface area contributed by atoms with Crippen LogP contribution in [0.25, 0.3) is 10.9 Å². The molecule has 3 rings (SSSR count). The van der Waals surface area contributed by atoms with Crippen molar-refractivity contribution >= 4 is 16.7 Å². The predicted octanol–water partition coefficient (Wildman–Crippen LogP) is 1.86. The minimum Gasteiger partial charge on any atom is -0.383 e. The molecule has 4 heteroatoms. The van der Waals surface area contributed by atoms with Gasteiger partial charge in [0, 0.05) is 23.7 Å². The highest BCUT2D eigenvalue weighted by Gasteiger charge is 2.11. The molecule has 19 heavy (non-hydrogen) atoms. The lowest BCUT2D eigenvalue weighted by Gasteiger charge is -2.04. The van der Waals surface area contributed by atoms with Crippen LogP contribution in [0.15, 0.2) is 48.8 Å². The Labute approximate surface area is 111 Å². The van der Waals surface area contributed by atoms with E-state index < -0.39 is 0 Å². The summed E-state index contributed by atoms with van der Waals surface area (Å²) >= 11 is 0. The number of pyridine rings is 1. The van der Waals surface area contributed by atoms with Gasteiger partial charge in [-0.15, -0.1) is 0 Å². The fraction of sp³-hybridized carbons (Fsp3) is 0.133. The van der Waals surface area contributed by atoms with Crippen molar-refractivity contribution in [2.24, 2.45) is 0 Å². The summed E-state index contributed by atoms with van der Waals surface area (Å²) in [5.41, 5.74) is 8.06. The van der Waals surface area contributed by atoms with Crippen LogP contribution in [0.3, 0.4) is 0 Å². The van der Waals surface area contributed by atoms with Crippen molar-refractivity contribution in [2.45, 2.75) is 13.5 Å². The molecule has 0 aliphatic rings. The highest BCUT2D eigenvalue weighted by atomic mass is 15.0. The summed E-state index contributed by atoms with van der Waals surface area (Å²) in [7, 11) is 0. The highest BCUT2D eigenvalue weighted by molar-refractivity contribution is 5.74. The number of rotatable bonds is 2. The molecule has 0 aliphatic carbocycles. The van der Waals surface area contributed by atoms with Crippen LogP contribution in [0.2, 0.25) is 0 Å². The van der Waals surface area contributed by atoms with Gasteiger partial charge in [-0.3, -0.25) is 0 Å². The van der Waals surface area contributed by atoms with E-state index in [0.717, 1.165) is 5.56 Å². The van der Waals surface area contributed by atoms with Gasteiger partial charge in [0.15, 0.2) is 12.7 Å². The number of nitrogens with two attached hydrogens (primary N) is 1. The van der Waals surface area contributed by atoms with Crippen LogP contribution in [-0.2, 0) is 6.54 Å². The average molecular weight is 251 g/mol. The van der Waals surface area contributed by atoms with Crippen LogP contribution in [0.5, 0.6) is 0 Å². The maximum absolute atomic E-state index is 5.95. The van der Waals surface area contributed by atoms with E-state index in [4.69, 9.17) is 5.73 Å². The molecule has 94 valence electrons. The number of anilines is 1. The van der Waals surface area contributed by atoms with Gasteiger partial charge in [-0.05, 0) is 19.1 Å². The molecule has 2 heterocycles. The second-order valence-corrected chi connectivity index (χ2v) is 4.52. The summed E-state index contributed by atoms with van der Waals surface area (Å²) in [4.78, 5) is 8.41. The first-order valence-corrected chi connectivity index (χ1v) is 6.19.